The zero-order valence-electron chi connectivity index (χ0n) is 19.0. The van der Waals surface area contributed by atoms with Gasteiger partial charge in [-0.15, -0.1) is 0 Å². The van der Waals surface area contributed by atoms with Crippen LogP contribution in [0.1, 0.15) is 38.4 Å². The van der Waals surface area contributed by atoms with Crippen LogP contribution in [0.5, 0.6) is 5.75 Å². The smallest absolute Gasteiger partial charge is 0.252 e. The van der Waals surface area contributed by atoms with E-state index in [-0.39, 0.29) is 16.5 Å². The number of nitrogens with zero attached hydrogens (tertiary/aromatic N) is 1. The lowest BCUT2D eigenvalue weighted by Crippen LogP contribution is -2.50. The maximum Gasteiger partial charge on any atom is 0.252 e. The molecule has 1 aliphatic heterocycles. The predicted octanol–water partition coefficient (Wildman–Crippen LogP) is 5.10. The molecule has 0 bridgehead atoms. The van der Waals surface area contributed by atoms with E-state index < -0.39 is 17.3 Å². The highest BCUT2D eigenvalue weighted by atomic mass is 35.5. The van der Waals surface area contributed by atoms with E-state index in [4.69, 9.17) is 22.1 Å². The zero-order valence-corrected chi connectivity index (χ0v) is 19.8. The van der Waals surface area contributed by atoms with Crippen LogP contribution in [0.2, 0.25) is 5.02 Å². The Kier molecular flexibility index (Phi) is 6.16. The Labute approximate surface area is 211 Å². The molecular weight excluding hydrogens is 481 g/mol. The van der Waals surface area contributed by atoms with E-state index in [0.29, 0.717) is 30.0 Å². The Morgan fingerprint density at radius 2 is 1.72 bits per heavy atom. The van der Waals surface area contributed by atoms with Gasteiger partial charge in [0.05, 0.1) is 17.2 Å². The Bertz CT molecular complexity index is 1460. The number of hydrogen-bond donors (Lipinski definition) is 2. The van der Waals surface area contributed by atoms with E-state index in [1.54, 1.807) is 30.5 Å². The first kappa shape index (κ1) is 23.5. The molecule has 0 radical (unpaired) electrons. The highest BCUT2D eigenvalue weighted by molar-refractivity contribution is 6.33. The molecule has 4 aromatic rings. The number of rotatable bonds is 5. The van der Waals surface area contributed by atoms with Crippen molar-refractivity contribution in [1.29, 1.82) is 0 Å². The molecule has 6 nitrogen and oxygen atoms in total. The molecule has 5 rings (SSSR count). The van der Waals surface area contributed by atoms with Crippen LogP contribution >= 0.6 is 11.6 Å². The SMILES string of the molecule is NC(=O)c1cc(-c2ccc(C3(NC(=O)c4ccc(F)cc4)CCOc4cccnc43)cc2)ccc1Cl. The van der Waals surface area contributed by atoms with Crippen molar-refractivity contribution in [2.45, 2.75) is 12.0 Å². The summed E-state index contributed by atoms with van der Waals surface area (Å²) in [6.07, 6.45) is 2.09. The summed E-state index contributed by atoms with van der Waals surface area (Å²) in [5.74, 6) is -0.806. The van der Waals surface area contributed by atoms with Gasteiger partial charge in [0, 0.05) is 18.2 Å². The van der Waals surface area contributed by atoms with Gasteiger partial charge in [-0.25, -0.2) is 4.39 Å². The number of carbonyl (C=O) groups excluding carboxylic acids is 2. The minimum Gasteiger partial charge on any atom is -0.491 e. The zero-order chi connectivity index (χ0) is 25.3. The fourth-order valence-corrected chi connectivity index (χ4v) is 4.65. The molecule has 2 heterocycles. The summed E-state index contributed by atoms with van der Waals surface area (Å²) in [4.78, 5) is 29.6. The normalized spacial score (nSPS) is 16.5. The van der Waals surface area contributed by atoms with Gasteiger partial charge in [-0.05, 0) is 65.2 Å². The summed E-state index contributed by atoms with van der Waals surface area (Å²) >= 11 is 6.10. The van der Waals surface area contributed by atoms with Crippen LogP contribution in [0.25, 0.3) is 11.1 Å². The molecule has 1 unspecified atom stereocenters. The van der Waals surface area contributed by atoms with Crippen LogP contribution in [0.4, 0.5) is 4.39 Å². The first-order valence-corrected chi connectivity index (χ1v) is 11.6. The molecule has 0 saturated heterocycles. The van der Waals surface area contributed by atoms with Gasteiger partial charge in [-0.3, -0.25) is 14.6 Å². The van der Waals surface area contributed by atoms with Gasteiger partial charge in [0.1, 0.15) is 22.8 Å². The van der Waals surface area contributed by atoms with Crippen LogP contribution in [0.3, 0.4) is 0 Å². The van der Waals surface area contributed by atoms with Crippen molar-refractivity contribution in [3.63, 3.8) is 0 Å². The lowest BCUT2D eigenvalue weighted by molar-refractivity contribution is 0.0883. The summed E-state index contributed by atoms with van der Waals surface area (Å²) in [6.45, 7) is 0.364. The number of hydrogen-bond acceptors (Lipinski definition) is 4. The number of nitrogens with one attached hydrogen (secondary N) is 1. The van der Waals surface area contributed by atoms with Gasteiger partial charge in [0.2, 0.25) is 5.91 Å². The van der Waals surface area contributed by atoms with E-state index in [1.807, 2.05) is 30.3 Å². The van der Waals surface area contributed by atoms with Crippen molar-refractivity contribution in [3.8, 4) is 16.9 Å². The van der Waals surface area contributed by atoms with Crippen LogP contribution in [-0.4, -0.2) is 23.4 Å². The number of fused-ring (bicyclic) bond motifs is 1. The van der Waals surface area contributed by atoms with Crippen molar-refractivity contribution < 1.29 is 18.7 Å². The van der Waals surface area contributed by atoms with Gasteiger partial charge in [0.25, 0.3) is 5.91 Å². The predicted molar refractivity (Wildman–Crippen MR) is 134 cm³/mol. The monoisotopic (exact) mass is 501 g/mol. The third-order valence-electron chi connectivity index (χ3n) is 6.29. The second-order valence-corrected chi connectivity index (χ2v) is 8.86. The van der Waals surface area contributed by atoms with Crippen molar-refractivity contribution in [3.05, 3.63) is 118 Å². The number of amides is 2. The summed E-state index contributed by atoms with van der Waals surface area (Å²) in [5.41, 5.74) is 8.04. The number of aromatic nitrogens is 1. The first-order chi connectivity index (χ1) is 17.4. The molecule has 0 saturated carbocycles. The Morgan fingerprint density at radius 3 is 2.44 bits per heavy atom. The molecule has 3 aromatic carbocycles. The average molecular weight is 502 g/mol. The molecule has 180 valence electrons. The Hall–Kier alpha value is -4.23. The summed E-state index contributed by atoms with van der Waals surface area (Å²) in [7, 11) is 0. The third kappa shape index (κ3) is 4.29. The average Bonchev–Trinajstić information content (AvgIpc) is 2.89. The van der Waals surface area contributed by atoms with Crippen LogP contribution in [0, 0.1) is 5.82 Å². The van der Waals surface area contributed by atoms with E-state index in [0.717, 1.165) is 16.7 Å². The molecule has 3 N–H and O–H groups in total. The van der Waals surface area contributed by atoms with Crippen molar-refractivity contribution in [2.75, 3.05) is 6.61 Å². The molecule has 1 aliphatic rings. The minimum absolute atomic E-state index is 0.240. The van der Waals surface area contributed by atoms with Gasteiger partial charge < -0.3 is 15.8 Å². The van der Waals surface area contributed by atoms with Gasteiger partial charge in [-0.1, -0.05) is 41.9 Å². The minimum atomic E-state index is -0.975. The van der Waals surface area contributed by atoms with Gasteiger partial charge >= 0.3 is 0 Å². The number of primary amides is 1. The van der Waals surface area contributed by atoms with Gasteiger partial charge in [-0.2, -0.15) is 0 Å². The second-order valence-electron chi connectivity index (χ2n) is 8.45. The maximum atomic E-state index is 13.4. The molecule has 2 amide bonds. The van der Waals surface area contributed by atoms with Crippen LogP contribution < -0.4 is 15.8 Å². The molecule has 1 aromatic heterocycles. The summed E-state index contributed by atoms with van der Waals surface area (Å²) < 4.78 is 19.2. The van der Waals surface area contributed by atoms with Crippen molar-refractivity contribution in [2.24, 2.45) is 5.73 Å². The third-order valence-corrected chi connectivity index (χ3v) is 6.62. The molecule has 1 atom stereocenters. The number of pyridine rings is 1. The summed E-state index contributed by atoms with van der Waals surface area (Å²) in [5, 5.41) is 3.44. The molecule has 0 fully saturated rings. The molecule has 8 heteroatoms. The topological polar surface area (TPSA) is 94.3 Å². The van der Waals surface area contributed by atoms with Crippen LogP contribution in [0.15, 0.2) is 85.1 Å². The highest BCUT2D eigenvalue weighted by Gasteiger charge is 2.42. The first-order valence-electron chi connectivity index (χ1n) is 11.2. The number of nitrogens with two attached hydrogens (primary N) is 1. The number of carbonyl (C=O) groups is 2. The molecule has 36 heavy (non-hydrogen) atoms. The fourth-order valence-electron chi connectivity index (χ4n) is 4.44. The van der Waals surface area contributed by atoms with Crippen molar-refractivity contribution in [1.82, 2.24) is 10.3 Å². The van der Waals surface area contributed by atoms with E-state index in [2.05, 4.69) is 10.3 Å². The van der Waals surface area contributed by atoms with E-state index >= 15 is 0 Å². The Balaban J connectivity index is 1.57. The Morgan fingerprint density at radius 1 is 1.00 bits per heavy atom. The van der Waals surface area contributed by atoms with E-state index in [9.17, 15) is 14.0 Å². The van der Waals surface area contributed by atoms with E-state index in [1.165, 1.54) is 24.3 Å². The largest absolute Gasteiger partial charge is 0.491 e. The van der Waals surface area contributed by atoms with Gasteiger partial charge in [0.15, 0.2) is 0 Å². The molecule has 0 spiro atoms. The number of halogens is 2. The second kappa shape index (κ2) is 9.43. The molecular formula is C28H21ClFN3O3. The highest BCUT2D eigenvalue weighted by Crippen LogP contribution is 2.41. The number of benzene rings is 3. The lowest BCUT2D eigenvalue weighted by atomic mass is 9.80. The summed E-state index contributed by atoms with van der Waals surface area (Å²) in [6, 6.07) is 21.7. The number of ether oxygens (including phenoxy) is 1. The lowest BCUT2D eigenvalue weighted by Gasteiger charge is -2.39. The quantitative estimate of drug-likeness (QED) is 0.398. The standard InChI is InChI=1S/C28H21ClFN3O3/c29-23-12-7-19(16-22(23)26(31)34)17-3-8-20(9-4-17)28(13-15-36-24-2-1-14-32-25(24)28)33-27(35)18-5-10-21(30)11-6-18/h1-12,14,16H,13,15H2,(H2,31,34)(H,33,35). The maximum absolute atomic E-state index is 13.4. The molecule has 0 aliphatic carbocycles. The van der Waals surface area contributed by atoms with Crippen molar-refractivity contribution >= 4 is 23.4 Å². The fraction of sp³-hybridized carbons (Fsp3) is 0.107. The van der Waals surface area contributed by atoms with Crippen LogP contribution in [-0.2, 0) is 5.54 Å².